The fraction of sp³-hybridized carbons (Fsp3) is 0.423. The lowest BCUT2D eigenvalue weighted by Crippen LogP contribution is -2.44. The van der Waals surface area contributed by atoms with Crippen LogP contribution in [0.25, 0.3) is 11.4 Å². The van der Waals surface area contributed by atoms with Gasteiger partial charge in [0.15, 0.2) is 0 Å². The van der Waals surface area contributed by atoms with E-state index in [-0.39, 0.29) is 28.7 Å². The van der Waals surface area contributed by atoms with Crippen LogP contribution in [0.2, 0.25) is 0 Å². The Balaban J connectivity index is 2.58. The van der Waals surface area contributed by atoms with Crippen molar-refractivity contribution in [1.82, 2.24) is 14.9 Å². The summed E-state index contributed by atoms with van der Waals surface area (Å²) in [5, 5.41) is 0. The van der Waals surface area contributed by atoms with Crippen LogP contribution in [0.1, 0.15) is 52.0 Å². The highest BCUT2D eigenvalue weighted by Gasteiger charge is 2.34. The van der Waals surface area contributed by atoms with Crippen molar-refractivity contribution in [3.05, 3.63) is 48.3 Å². The van der Waals surface area contributed by atoms with Crippen LogP contribution in [0.5, 0.6) is 5.75 Å². The van der Waals surface area contributed by atoms with Gasteiger partial charge in [-0.3, -0.25) is 4.79 Å². The summed E-state index contributed by atoms with van der Waals surface area (Å²) in [6, 6.07) is 7.84. The lowest BCUT2D eigenvalue weighted by Gasteiger charge is -2.28. The molecule has 10 nitrogen and oxygen atoms in total. The van der Waals surface area contributed by atoms with Gasteiger partial charge in [-0.15, -0.1) is 0 Å². The maximum Gasteiger partial charge on any atom is 0.425 e. The first-order chi connectivity index (χ1) is 16.6. The third-order valence-electron chi connectivity index (χ3n) is 4.21. The van der Waals surface area contributed by atoms with Crippen molar-refractivity contribution in [2.75, 3.05) is 26.1 Å². The number of anilines is 1. The SMILES string of the molecule is COc1ccc(C(=O)C=CN(C)C)nc1-c1cccc(N(C(=O)OC(C)(C)C)C(=O)OC(C)(C)C)n1. The quantitative estimate of drug-likeness (QED) is 0.397. The third-order valence-corrected chi connectivity index (χ3v) is 4.21. The van der Waals surface area contributed by atoms with Gasteiger partial charge in [0.05, 0.1) is 12.8 Å². The zero-order valence-electron chi connectivity index (χ0n) is 22.3. The summed E-state index contributed by atoms with van der Waals surface area (Å²) < 4.78 is 16.3. The highest BCUT2D eigenvalue weighted by atomic mass is 16.6. The Morgan fingerprint density at radius 1 is 0.861 bits per heavy atom. The lowest BCUT2D eigenvalue weighted by atomic mass is 10.1. The van der Waals surface area contributed by atoms with E-state index in [9.17, 15) is 14.4 Å². The van der Waals surface area contributed by atoms with Gasteiger partial charge in [0.2, 0.25) is 5.78 Å². The molecule has 0 aliphatic carbocycles. The first kappa shape index (κ1) is 28.3. The molecule has 2 aromatic rings. The van der Waals surface area contributed by atoms with Crippen LogP contribution in [-0.4, -0.2) is 65.2 Å². The Morgan fingerprint density at radius 3 is 1.94 bits per heavy atom. The summed E-state index contributed by atoms with van der Waals surface area (Å²) in [5.74, 6) is 0.00542. The van der Waals surface area contributed by atoms with E-state index in [0.29, 0.717) is 5.75 Å². The van der Waals surface area contributed by atoms with Gasteiger partial charge in [-0.2, -0.15) is 4.90 Å². The number of hydrogen-bond donors (Lipinski definition) is 0. The number of methoxy groups -OCH3 is 1. The van der Waals surface area contributed by atoms with Crippen molar-refractivity contribution < 1.29 is 28.6 Å². The molecule has 0 fully saturated rings. The molecule has 194 valence electrons. The number of imide groups is 1. The first-order valence-corrected chi connectivity index (χ1v) is 11.3. The Kier molecular flexibility index (Phi) is 8.80. The Hall–Kier alpha value is -3.95. The smallest absolute Gasteiger partial charge is 0.425 e. The van der Waals surface area contributed by atoms with E-state index >= 15 is 0 Å². The van der Waals surface area contributed by atoms with Gasteiger partial charge >= 0.3 is 12.2 Å². The molecular weight excluding hydrogens is 464 g/mol. The number of carbonyl (C=O) groups is 3. The van der Waals surface area contributed by atoms with Crippen molar-refractivity contribution in [2.24, 2.45) is 0 Å². The predicted octanol–water partition coefficient (Wildman–Crippen LogP) is 5.09. The predicted molar refractivity (Wildman–Crippen MR) is 136 cm³/mol. The topological polar surface area (TPSA) is 111 Å². The van der Waals surface area contributed by atoms with E-state index in [2.05, 4.69) is 9.97 Å². The zero-order chi connectivity index (χ0) is 27.3. The number of ether oxygens (including phenoxy) is 3. The number of hydrogen-bond acceptors (Lipinski definition) is 9. The normalized spacial score (nSPS) is 11.7. The number of allylic oxidation sites excluding steroid dienone is 1. The van der Waals surface area contributed by atoms with Crippen LogP contribution in [0.4, 0.5) is 15.4 Å². The average Bonchev–Trinajstić information content (AvgIpc) is 2.74. The van der Waals surface area contributed by atoms with Crippen LogP contribution < -0.4 is 9.64 Å². The molecule has 0 radical (unpaired) electrons. The minimum absolute atomic E-state index is 0.0379. The molecular formula is C26H34N4O6. The maximum atomic E-state index is 13.0. The molecule has 0 N–H and O–H groups in total. The van der Waals surface area contributed by atoms with Gasteiger partial charge < -0.3 is 19.1 Å². The van der Waals surface area contributed by atoms with E-state index in [0.717, 1.165) is 4.90 Å². The molecule has 10 heteroatoms. The first-order valence-electron chi connectivity index (χ1n) is 11.3. The molecule has 2 heterocycles. The summed E-state index contributed by atoms with van der Waals surface area (Å²) in [5.41, 5.74) is -1.03. The third kappa shape index (κ3) is 8.07. The van der Waals surface area contributed by atoms with Crippen LogP contribution in [0.15, 0.2) is 42.6 Å². The summed E-state index contributed by atoms with van der Waals surface area (Å²) in [7, 11) is 5.06. The van der Waals surface area contributed by atoms with Crippen LogP contribution >= 0.6 is 0 Å². The van der Waals surface area contributed by atoms with Gasteiger partial charge in [-0.25, -0.2) is 19.6 Å². The van der Waals surface area contributed by atoms with E-state index in [1.807, 2.05) is 0 Å². The Bertz CT molecular complexity index is 1120. The van der Waals surface area contributed by atoms with Gasteiger partial charge in [-0.1, -0.05) is 6.07 Å². The Labute approximate surface area is 211 Å². The van der Waals surface area contributed by atoms with E-state index < -0.39 is 23.4 Å². The summed E-state index contributed by atoms with van der Waals surface area (Å²) in [6.45, 7) is 10.1. The number of rotatable bonds is 6. The van der Waals surface area contributed by atoms with Gasteiger partial charge in [-0.05, 0) is 65.8 Å². The molecule has 0 bridgehead atoms. The summed E-state index contributed by atoms with van der Waals surface area (Å²) >= 11 is 0. The molecule has 0 spiro atoms. The minimum Gasteiger partial charge on any atom is -0.494 e. The van der Waals surface area contributed by atoms with E-state index in [1.54, 1.807) is 91.0 Å². The summed E-state index contributed by atoms with van der Waals surface area (Å²) in [4.78, 5) is 49.9. The molecule has 0 saturated heterocycles. The fourth-order valence-electron chi connectivity index (χ4n) is 2.79. The van der Waals surface area contributed by atoms with Crippen molar-refractivity contribution >= 4 is 23.8 Å². The molecule has 0 aromatic carbocycles. The maximum absolute atomic E-state index is 13.0. The molecule has 2 rings (SSSR count). The number of pyridine rings is 2. The van der Waals surface area contributed by atoms with Crippen LogP contribution in [0, 0.1) is 0 Å². The molecule has 2 amide bonds. The molecule has 0 unspecified atom stereocenters. The summed E-state index contributed by atoms with van der Waals surface area (Å²) in [6.07, 6.45) is 1.12. The van der Waals surface area contributed by atoms with Crippen molar-refractivity contribution in [3.8, 4) is 17.1 Å². The Morgan fingerprint density at radius 2 is 1.44 bits per heavy atom. The number of ketones is 1. The van der Waals surface area contributed by atoms with Crippen molar-refractivity contribution in [1.29, 1.82) is 0 Å². The van der Waals surface area contributed by atoms with E-state index in [4.69, 9.17) is 14.2 Å². The highest BCUT2D eigenvalue weighted by Crippen LogP contribution is 2.29. The number of carbonyl (C=O) groups excluding carboxylic acids is 3. The number of aromatic nitrogens is 2. The average molecular weight is 499 g/mol. The van der Waals surface area contributed by atoms with Gasteiger partial charge in [0.1, 0.15) is 34.2 Å². The molecule has 2 aromatic heterocycles. The van der Waals surface area contributed by atoms with Crippen LogP contribution in [-0.2, 0) is 9.47 Å². The number of amides is 2. The molecule has 36 heavy (non-hydrogen) atoms. The van der Waals surface area contributed by atoms with Crippen LogP contribution in [0.3, 0.4) is 0 Å². The zero-order valence-corrected chi connectivity index (χ0v) is 22.3. The second-order valence-corrected chi connectivity index (χ2v) is 10.1. The van der Waals surface area contributed by atoms with E-state index in [1.165, 1.54) is 19.3 Å². The highest BCUT2D eigenvalue weighted by molar-refractivity contribution is 6.09. The number of nitrogens with zero attached hydrogens (tertiary/aromatic N) is 4. The lowest BCUT2D eigenvalue weighted by molar-refractivity contribution is 0.0429. The minimum atomic E-state index is -0.945. The molecule has 0 atom stereocenters. The second kappa shape index (κ2) is 11.2. The molecule has 0 aliphatic heterocycles. The van der Waals surface area contributed by atoms with Crippen molar-refractivity contribution in [2.45, 2.75) is 52.7 Å². The monoisotopic (exact) mass is 498 g/mol. The fourth-order valence-corrected chi connectivity index (χ4v) is 2.79. The van der Waals surface area contributed by atoms with Gasteiger partial charge in [0.25, 0.3) is 0 Å². The molecule has 0 saturated carbocycles. The second-order valence-electron chi connectivity index (χ2n) is 10.1. The molecule has 0 aliphatic rings. The largest absolute Gasteiger partial charge is 0.494 e. The van der Waals surface area contributed by atoms with Gasteiger partial charge in [0, 0.05) is 26.4 Å². The van der Waals surface area contributed by atoms with Crippen molar-refractivity contribution in [3.63, 3.8) is 0 Å². The standard InChI is InChI=1S/C26H34N4O6/c1-25(2,3)35-23(32)30(24(33)36-26(4,5)6)21-12-10-11-18(27-21)22-20(34-9)14-13-17(28-22)19(31)15-16-29(7)8/h10-16H,1-9H3.